The van der Waals surface area contributed by atoms with Crippen LogP contribution in [0, 0.1) is 11.7 Å². The first-order chi connectivity index (χ1) is 18.2. The van der Waals surface area contributed by atoms with Crippen LogP contribution in [0.4, 0.5) is 10.3 Å². The average Bonchev–Trinajstić information content (AvgIpc) is 3.33. The maximum Gasteiger partial charge on any atom is 0.254 e. The third kappa shape index (κ3) is 6.39. The number of aromatic nitrogens is 2. The van der Waals surface area contributed by atoms with Gasteiger partial charge in [-0.25, -0.2) is 9.37 Å². The molecule has 0 aliphatic carbocycles. The molecule has 196 valence electrons. The van der Waals surface area contributed by atoms with Gasteiger partial charge in [0.1, 0.15) is 18.1 Å². The van der Waals surface area contributed by atoms with Crippen molar-refractivity contribution in [2.24, 2.45) is 5.92 Å². The lowest BCUT2D eigenvalue weighted by Gasteiger charge is -2.24. The van der Waals surface area contributed by atoms with Crippen LogP contribution in [0.3, 0.4) is 0 Å². The Bertz CT molecular complexity index is 1440. The molecule has 0 saturated heterocycles. The Morgan fingerprint density at radius 1 is 1.08 bits per heavy atom. The molecule has 1 heterocycles. The second-order valence-corrected chi connectivity index (χ2v) is 9.55. The average molecular weight is 535 g/mol. The van der Waals surface area contributed by atoms with Crippen LogP contribution < -0.4 is 10.1 Å². The van der Waals surface area contributed by atoms with Gasteiger partial charge in [-0.05, 0) is 42.3 Å². The lowest BCUT2D eigenvalue weighted by atomic mass is 10.1. The highest BCUT2D eigenvalue weighted by Gasteiger charge is 2.22. The van der Waals surface area contributed by atoms with Gasteiger partial charge in [0.25, 0.3) is 5.91 Å². The number of nitrogens with zero attached hydrogens (tertiary/aromatic N) is 3. The molecule has 4 rings (SSSR count). The number of methoxy groups -OCH3 is 1. The largest absolute Gasteiger partial charge is 0.497 e. The van der Waals surface area contributed by atoms with Crippen molar-refractivity contribution >= 4 is 29.4 Å². The Balaban J connectivity index is 1.63. The summed E-state index contributed by atoms with van der Waals surface area (Å²) in [7, 11) is 1.53. The summed E-state index contributed by atoms with van der Waals surface area (Å²) in [5, 5.41) is 2.77. The molecule has 0 bridgehead atoms. The van der Waals surface area contributed by atoms with Crippen LogP contribution in [0.2, 0.25) is 5.02 Å². The molecule has 0 aliphatic rings. The molecule has 4 aromatic rings. The minimum Gasteiger partial charge on any atom is -0.497 e. The fourth-order valence-corrected chi connectivity index (χ4v) is 4.16. The lowest BCUT2D eigenvalue weighted by Crippen LogP contribution is -2.40. The SMILES string of the molecule is COc1cccc(C(=O)N(CC(=O)Nc2nc(-c3ccccc3)cn2-c2ccc(F)c(Cl)c2)CC(C)C)c1. The van der Waals surface area contributed by atoms with Gasteiger partial charge in [0.15, 0.2) is 0 Å². The quantitative estimate of drug-likeness (QED) is 0.282. The van der Waals surface area contributed by atoms with Crippen molar-refractivity contribution in [3.63, 3.8) is 0 Å². The molecule has 7 nitrogen and oxygen atoms in total. The number of hydrogen-bond donors (Lipinski definition) is 1. The predicted molar refractivity (Wildman–Crippen MR) is 146 cm³/mol. The van der Waals surface area contributed by atoms with Crippen LogP contribution >= 0.6 is 11.6 Å². The van der Waals surface area contributed by atoms with Gasteiger partial charge in [-0.3, -0.25) is 19.5 Å². The van der Waals surface area contributed by atoms with Gasteiger partial charge in [-0.15, -0.1) is 0 Å². The van der Waals surface area contributed by atoms with E-state index in [0.717, 1.165) is 5.56 Å². The standard InChI is InChI=1S/C29H28ClFN4O3/c1-19(2)16-34(28(37)21-10-7-11-23(14-21)38-3)18-27(36)33-29-32-26(20-8-5-4-6-9-20)17-35(29)22-12-13-25(31)24(30)15-22/h4-15,17,19H,16,18H2,1-3H3,(H,32,33,36). The monoisotopic (exact) mass is 534 g/mol. The van der Waals surface area contributed by atoms with E-state index in [9.17, 15) is 14.0 Å². The number of amides is 2. The minimum atomic E-state index is -0.551. The van der Waals surface area contributed by atoms with E-state index in [2.05, 4.69) is 10.3 Å². The minimum absolute atomic E-state index is 0.0540. The van der Waals surface area contributed by atoms with E-state index in [1.165, 1.54) is 24.1 Å². The molecule has 0 aliphatic heterocycles. The highest BCUT2D eigenvalue weighted by molar-refractivity contribution is 6.30. The van der Waals surface area contributed by atoms with Crippen molar-refractivity contribution in [3.05, 3.63) is 95.4 Å². The highest BCUT2D eigenvalue weighted by Crippen LogP contribution is 2.27. The number of benzene rings is 3. The molecule has 0 saturated carbocycles. The van der Waals surface area contributed by atoms with E-state index in [1.54, 1.807) is 41.1 Å². The van der Waals surface area contributed by atoms with E-state index in [-0.39, 0.29) is 29.3 Å². The predicted octanol–water partition coefficient (Wildman–Crippen LogP) is 6.08. The molecule has 1 aromatic heterocycles. The van der Waals surface area contributed by atoms with Gasteiger partial charge in [0.05, 0.1) is 23.5 Å². The lowest BCUT2D eigenvalue weighted by molar-refractivity contribution is -0.117. The zero-order valence-corrected chi connectivity index (χ0v) is 22.1. The van der Waals surface area contributed by atoms with E-state index in [0.29, 0.717) is 29.2 Å². The molecule has 2 amide bonds. The van der Waals surface area contributed by atoms with E-state index >= 15 is 0 Å². The fraction of sp³-hybridized carbons (Fsp3) is 0.207. The van der Waals surface area contributed by atoms with Gasteiger partial charge >= 0.3 is 0 Å². The van der Waals surface area contributed by atoms with E-state index in [1.807, 2.05) is 44.2 Å². The first-order valence-electron chi connectivity index (χ1n) is 12.1. The van der Waals surface area contributed by atoms with Crippen LogP contribution in [-0.2, 0) is 4.79 Å². The van der Waals surface area contributed by atoms with Gasteiger partial charge < -0.3 is 9.64 Å². The number of imidazole rings is 1. The second-order valence-electron chi connectivity index (χ2n) is 9.14. The van der Waals surface area contributed by atoms with Crippen molar-refractivity contribution in [1.82, 2.24) is 14.5 Å². The number of anilines is 1. The summed E-state index contributed by atoms with van der Waals surface area (Å²) in [4.78, 5) is 32.7. The van der Waals surface area contributed by atoms with Crippen LogP contribution in [0.5, 0.6) is 5.75 Å². The van der Waals surface area contributed by atoms with Crippen LogP contribution in [-0.4, -0.2) is 46.5 Å². The third-order valence-electron chi connectivity index (χ3n) is 5.73. The van der Waals surface area contributed by atoms with Gasteiger partial charge in [0, 0.05) is 23.9 Å². The molecule has 3 aromatic carbocycles. The summed E-state index contributed by atoms with van der Waals surface area (Å²) < 4.78 is 20.7. The molecule has 9 heteroatoms. The van der Waals surface area contributed by atoms with Crippen molar-refractivity contribution in [2.45, 2.75) is 13.8 Å². The maximum atomic E-state index is 13.8. The summed E-state index contributed by atoms with van der Waals surface area (Å²) >= 11 is 6.03. The summed E-state index contributed by atoms with van der Waals surface area (Å²) in [6.45, 7) is 4.13. The number of rotatable bonds is 9. The first-order valence-corrected chi connectivity index (χ1v) is 12.5. The Morgan fingerprint density at radius 2 is 1.84 bits per heavy atom. The van der Waals surface area contributed by atoms with Crippen LogP contribution in [0.15, 0.2) is 79.0 Å². The molecule has 1 N–H and O–H groups in total. The smallest absolute Gasteiger partial charge is 0.254 e. The molecular formula is C29H28ClFN4O3. The molecular weight excluding hydrogens is 507 g/mol. The third-order valence-corrected chi connectivity index (χ3v) is 6.02. The molecule has 0 spiro atoms. The number of halogens is 2. The van der Waals surface area contributed by atoms with E-state index in [4.69, 9.17) is 16.3 Å². The van der Waals surface area contributed by atoms with Crippen molar-refractivity contribution < 1.29 is 18.7 Å². The van der Waals surface area contributed by atoms with Crippen molar-refractivity contribution in [1.29, 1.82) is 0 Å². The number of carbonyl (C=O) groups excluding carboxylic acids is 2. The maximum absolute atomic E-state index is 13.8. The van der Waals surface area contributed by atoms with Crippen LogP contribution in [0.25, 0.3) is 16.9 Å². The first kappa shape index (κ1) is 26.9. The normalized spacial score (nSPS) is 10.9. The number of hydrogen-bond acceptors (Lipinski definition) is 4. The summed E-state index contributed by atoms with van der Waals surface area (Å²) in [6.07, 6.45) is 1.74. The topological polar surface area (TPSA) is 76.5 Å². The molecule has 0 fully saturated rings. The van der Waals surface area contributed by atoms with Crippen LogP contribution in [0.1, 0.15) is 24.2 Å². The number of ether oxygens (including phenoxy) is 1. The van der Waals surface area contributed by atoms with Gasteiger partial charge in [-0.2, -0.15) is 0 Å². The van der Waals surface area contributed by atoms with Crippen molar-refractivity contribution in [2.75, 3.05) is 25.5 Å². The molecule has 0 atom stereocenters. The zero-order chi connectivity index (χ0) is 27.2. The fourth-order valence-electron chi connectivity index (χ4n) is 3.98. The van der Waals surface area contributed by atoms with E-state index < -0.39 is 11.7 Å². The molecule has 0 unspecified atom stereocenters. The Hall–Kier alpha value is -4.17. The van der Waals surface area contributed by atoms with Gasteiger partial charge in [-0.1, -0.05) is 61.8 Å². The number of carbonyl (C=O) groups is 2. The zero-order valence-electron chi connectivity index (χ0n) is 21.3. The molecule has 0 radical (unpaired) electrons. The van der Waals surface area contributed by atoms with Gasteiger partial charge in [0.2, 0.25) is 11.9 Å². The molecule has 38 heavy (non-hydrogen) atoms. The summed E-state index contributed by atoms with van der Waals surface area (Å²) in [5.41, 5.74) is 2.39. The Morgan fingerprint density at radius 3 is 2.53 bits per heavy atom. The highest BCUT2D eigenvalue weighted by atomic mass is 35.5. The second kappa shape index (κ2) is 11.9. The van der Waals surface area contributed by atoms with Crippen molar-refractivity contribution in [3.8, 4) is 22.7 Å². The number of nitrogens with one attached hydrogen (secondary N) is 1. The Labute approximate surface area is 225 Å². The summed E-state index contributed by atoms with van der Waals surface area (Å²) in [6, 6.07) is 20.5. The summed E-state index contributed by atoms with van der Waals surface area (Å²) in [5.74, 6) is -0.365. The Kier molecular flexibility index (Phi) is 8.43.